The molecular formula is C23H26N4O6S. The molecule has 1 aromatic heterocycles. The fourth-order valence-corrected chi connectivity index (χ4v) is 3.96. The lowest BCUT2D eigenvalue weighted by Gasteiger charge is -2.17. The van der Waals surface area contributed by atoms with E-state index >= 15 is 0 Å². The predicted molar refractivity (Wildman–Crippen MR) is 127 cm³/mol. The van der Waals surface area contributed by atoms with Gasteiger partial charge in [0, 0.05) is 11.8 Å². The third kappa shape index (κ3) is 6.35. The van der Waals surface area contributed by atoms with Crippen LogP contribution in [0.25, 0.3) is 0 Å². The van der Waals surface area contributed by atoms with E-state index in [1.165, 1.54) is 44.6 Å². The summed E-state index contributed by atoms with van der Waals surface area (Å²) in [6, 6.07) is 14.4. The first-order valence-electron chi connectivity index (χ1n) is 10.4. The van der Waals surface area contributed by atoms with Gasteiger partial charge >= 0.3 is 6.01 Å². The molecule has 0 bridgehead atoms. The minimum absolute atomic E-state index is 0.0137. The van der Waals surface area contributed by atoms with Gasteiger partial charge in [0.2, 0.25) is 5.88 Å². The van der Waals surface area contributed by atoms with E-state index in [0.717, 1.165) is 5.56 Å². The topological polar surface area (TPSA) is 129 Å². The van der Waals surface area contributed by atoms with E-state index in [-0.39, 0.29) is 28.5 Å². The maximum absolute atomic E-state index is 12.8. The monoisotopic (exact) mass is 486 g/mol. The van der Waals surface area contributed by atoms with Crippen LogP contribution in [0.2, 0.25) is 0 Å². The molecule has 0 fully saturated rings. The lowest BCUT2D eigenvalue weighted by atomic mass is 10.2. The summed E-state index contributed by atoms with van der Waals surface area (Å²) in [4.78, 5) is 20.5. The summed E-state index contributed by atoms with van der Waals surface area (Å²) in [5.41, 5.74) is 1.46. The average Bonchev–Trinajstić information content (AvgIpc) is 2.82. The minimum atomic E-state index is -3.96. The Balaban J connectivity index is 1.69. The molecule has 1 unspecified atom stereocenters. The molecule has 0 aliphatic rings. The van der Waals surface area contributed by atoms with Crippen LogP contribution in [0.3, 0.4) is 0 Å². The van der Waals surface area contributed by atoms with Crippen molar-refractivity contribution in [3.05, 3.63) is 60.2 Å². The number of benzene rings is 2. The summed E-state index contributed by atoms with van der Waals surface area (Å²) in [6.45, 7) is 3.79. The molecule has 11 heteroatoms. The van der Waals surface area contributed by atoms with Gasteiger partial charge in [-0.1, -0.05) is 19.1 Å². The highest BCUT2D eigenvalue weighted by Gasteiger charge is 2.20. The second-order valence-corrected chi connectivity index (χ2v) is 8.92. The number of carbonyl (C=O) groups excluding carboxylic acids is 1. The molecule has 3 rings (SSSR count). The number of hydrogen-bond donors (Lipinski definition) is 2. The zero-order valence-electron chi connectivity index (χ0n) is 19.2. The Kier molecular flexibility index (Phi) is 7.90. The average molecular weight is 487 g/mol. The van der Waals surface area contributed by atoms with E-state index in [9.17, 15) is 13.2 Å². The van der Waals surface area contributed by atoms with Crippen molar-refractivity contribution >= 4 is 27.4 Å². The van der Waals surface area contributed by atoms with Gasteiger partial charge in [-0.25, -0.2) is 8.42 Å². The first-order valence-corrected chi connectivity index (χ1v) is 11.9. The van der Waals surface area contributed by atoms with Gasteiger partial charge in [0.15, 0.2) is 11.9 Å². The smallest absolute Gasteiger partial charge is 0.321 e. The number of methoxy groups -OCH3 is 2. The molecule has 1 amide bonds. The molecule has 0 radical (unpaired) electrons. The maximum Gasteiger partial charge on any atom is 0.321 e. The number of amides is 1. The van der Waals surface area contributed by atoms with Crippen molar-refractivity contribution in [1.82, 2.24) is 9.97 Å². The molecule has 1 heterocycles. The molecule has 10 nitrogen and oxygen atoms in total. The summed E-state index contributed by atoms with van der Waals surface area (Å²) >= 11 is 0. The zero-order chi connectivity index (χ0) is 24.7. The van der Waals surface area contributed by atoms with E-state index in [4.69, 9.17) is 14.2 Å². The summed E-state index contributed by atoms with van der Waals surface area (Å²) in [7, 11) is -1.22. The number of aromatic nitrogens is 2. The number of hydrogen-bond acceptors (Lipinski definition) is 8. The van der Waals surface area contributed by atoms with Crippen LogP contribution in [0.1, 0.15) is 18.9 Å². The SMILES string of the molecule is CCC(Oc1cccc(C)c1)C(=O)Nc1ccc(S(=O)(=O)Nc2cc(OC)nc(OC)n2)cc1. The van der Waals surface area contributed by atoms with Crippen LogP contribution in [0.15, 0.2) is 59.5 Å². The first kappa shape index (κ1) is 24.8. The van der Waals surface area contributed by atoms with Crippen molar-refractivity contribution in [3.8, 4) is 17.6 Å². The van der Waals surface area contributed by atoms with Gasteiger partial charge in [0.25, 0.3) is 15.9 Å². The number of nitrogens with zero attached hydrogens (tertiary/aromatic N) is 2. The van der Waals surface area contributed by atoms with Crippen LogP contribution in [0.4, 0.5) is 11.5 Å². The number of ether oxygens (including phenoxy) is 3. The number of nitrogens with one attached hydrogen (secondary N) is 2. The second kappa shape index (κ2) is 10.8. The lowest BCUT2D eigenvalue weighted by Crippen LogP contribution is -2.32. The Morgan fingerprint density at radius 2 is 1.76 bits per heavy atom. The van der Waals surface area contributed by atoms with Crippen molar-refractivity contribution in [3.63, 3.8) is 0 Å². The van der Waals surface area contributed by atoms with Crippen LogP contribution >= 0.6 is 0 Å². The molecule has 1 atom stereocenters. The van der Waals surface area contributed by atoms with Crippen LogP contribution in [0, 0.1) is 6.92 Å². The van der Waals surface area contributed by atoms with Crippen LogP contribution in [-0.2, 0) is 14.8 Å². The summed E-state index contributed by atoms with van der Waals surface area (Å²) in [5.74, 6) is 0.395. The fraction of sp³-hybridized carbons (Fsp3) is 0.261. The van der Waals surface area contributed by atoms with Gasteiger partial charge < -0.3 is 19.5 Å². The van der Waals surface area contributed by atoms with E-state index in [0.29, 0.717) is 17.9 Å². The number of aryl methyl sites for hydroxylation is 1. The van der Waals surface area contributed by atoms with E-state index in [2.05, 4.69) is 20.0 Å². The van der Waals surface area contributed by atoms with Crippen molar-refractivity contribution in [2.45, 2.75) is 31.3 Å². The molecule has 180 valence electrons. The Labute approximate surface area is 198 Å². The van der Waals surface area contributed by atoms with Gasteiger partial charge in [-0.2, -0.15) is 9.97 Å². The van der Waals surface area contributed by atoms with Crippen LogP contribution < -0.4 is 24.2 Å². The van der Waals surface area contributed by atoms with Gasteiger partial charge in [-0.3, -0.25) is 9.52 Å². The quantitative estimate of drug-likeness (QED) is 0.446. The lowest BCUT2D eigenvalue weighted by molar-refractivity contribution is -0.122. The van der Waals surface area contributed by atoms with E-state index in [1.807, 2.05) is 32.0 Å². The van der Waals surface area contributed by atoms with Crippen molar-refractivity contribution < 1.29 is 27.4 Å². The van der Waals surface area contributed by atoms with Crippen molar-refractivity contribution in [2.24, 2.45) is 0 Å². The third-order valence-electron chi connectivity index (χ3n) is 4.68. The van der Waals surface area contributed by atoms with Crippen molar-refractivity contribution in [2.75, 3.05) is 24.3 Å². The van der Waals surface area contributed by atoms with Gasteiger partial charge in [-0.15, -0.1) is 0 Å². The molecule has 34 heavy (non-hydrogen) atoms. The standard InChI is InChI=1S/C23H26N4O6S/c1-5-19(33-17-8-6-7-15(2)13-17)22(28)24-16-9-11-18(12-10-16)34(29,30)27-20-14-21(31-3)26-23(25-20)32-4/h6-14,19H,5H2,1-4H3,(H,24,28)(H,25,26,27). The molecule has 0 saturated heterocycles. The minimum Gasteiger partial charge on any atom is -0.481 e. The Morgan fingerprint density at radius 1 is 1.03 bits per heavy atom. The molecule has 0 saturated carbocycles. The van der Waals surface area contributed by atoms with E-state index < -0.39 is 16.1 Å². The molecule has 3 aromatic rings. The highest BCUT2D eigenvalue weighted by molar-refractivity contribution is 7.92. The van der Waals surface area contributed by atoms with E-state index in [1.54, 1.807) is 6.07 Å². The van der Waals surface area contributed by atoms with Crippen LogP contribution in [0.5, 0.6) is 17.6 Å². The second-order valence-electron chi connectivity index (χ2n) is 7.23. The van der Waals surface area contributed by atoms with Gasteiger partial charge in [0.05, 0.1) is 19.1 Å². The number of rotatable bonds is 10. The number of anilines is 2. The highest BCUT2D eigenvalue weighted by Crippen LogP contribution is 2.22. The Hall–Kier alpha value is -3.86. The Bertz CT molecular complexity index is 1230. The summed E-state index contributed by atoms with van der Waals surface area (Å²) in [5, 5.41) is 2.75. The van der Waals surface area contributed by atoms with Crippen molar-refractivity contribution in [1.29, 1.82) is 0 Å². The largest absolute Gasteiger partial charge is 0.481 e. The predicted octanol–water partition coefficient (Wildman–Crippen LogP) is 3.40. The molecule has 0 aliphatic heterocycles. The zero-order valence-corrected chi connectivity index (χ0v) is 20.0. The first-order chi connectivity index (χ1) is 16.2. The van der Waals surface area contributed by atoms with Gasteiger partial charge in [-0.05, 0) is 55.3 Å². The molecule has 2 aromatic carbocycles. The summed E-state index contributed by atoms with van der Waals surface area (Å²) in [6.07, 6.45) is -0.239. The maximum atomic E-state index is 12.8. The number of carbonyl (C=O) groups is 1. The van der Waals surface area contributed by atoms with Crippen LogP contribution in [-0.4, -0.2) is 44.6 Å². The Morgan fingerprint density at radius 3 is 2.38 bits per heavy atom. The number of sulfonamides is 1. The fourth-order valence-electron chi connectivity index (χ4n) is 2.96. The van der Waals surface area contributed by atoms with Gasteiger partial charge in [0.1, 0.15) is 5.75 Å². The molecular weight excluding hydrogens is 460 g/mol. The summed E-state index contributed by atoms with van der Waals surface area (Å²) < 4.78 is 43.7. The normalized spacial score (nSPS) is 11.9. The molecule has 2 N–H and O–H groups in total. The molecule has 0 aliphatic carbocycles. The molecule has 0 spiro atoms. The highest BCUT2D eigenvalue weighted by atomic mass is 32.2. The third-order valence-corrected chi connectivity index (χ3v) is 6.05.